The first-order chi connectivity index (χ1) is 8.58. The molecule has 1 aromatic carbocycles. The Balaban J connectivity index is 2.18. The summed E-state index contributed by atoms with van der Waals surface area (Å²) < 4.78 is 7.79. The Morgan fingerprint density at radius 2 is 2.11 bits per heavy atom. The summed E-state index contributed by atoms with van der Waals surface area (Å²) in [5.74, 6) is 0.708. The molecule has 0 aliphatic heterocycles. The molecule has 1 N–H and O–H groups in total. The molecular weight excluding hydrogens is 380 g/mol. The fourth-order valence-electron chi connectivity index (χ4n) is 1.55. The third-order valence-corrected chi connectivity index (χ3v) is 4.87. The molecule has 1 aromatic heterocycles. The third-order valence-electron chi connectivity index (χ3n) is 2.48. The molecule has 2 nitrogen and oxygen atoms in total. The van der Waals surface area contributed by atoms with Gasteiger partial charge in [0.25, 0.3) is 0 Å². The van der Waals surface area contributed by atoms with Gasteiger partial charge in [0.2, 0.25) is 0 Å². The minimum atomic E-state index is -0.542. The van der Waals surface area contributed by atoms with Gasteiger partial charge in [-0.3, -0.25) is 0 Å². The largest absolute Gasteiger partial charge is 0.488 e. The Morgan fingerprint density at radius 1 is 1.33 bits per heavy atom. The molecule has 2 rings (SSSR count). The SMILES string of the molecule is C[C@H](O)c1ccc(Br)cc1OCc1sccc1Br. The van der Waals surface area contributed by atoms with Gasteiger partial charge < -0.3 is 9.84 Å². The average molecular weight is 392 g/mol. The summed E-state index contributed by atoms with van der Waals surface area (Å²) in [7, 11) is 0. The van der Waals surface area contributed by atoms with Crippen LogP contribution in [0.15, 0.2) is 38.6 Å². The van der Waals surface area contributed by atoms with Gasteiger partial charge in [0.1, 0.15) is 12.4 Å². The molecule has 0 saturated heterocycles. The molecule has 5 heteroatoms. The highest BCUT2D eigenvalue weighted by Crippen LogP contribution is 2.31. The number of hydrogen-bond donors (Lipinski definition) is 1. The summed E-state index contributed by atoms with van der Waals surface area (Å²) in [5, 5.41) is 11.7. The number of aliphatic hydroxyl groups is 1. The van der Waals surface area contributed by atoms with E-state index in [1.54, 1.807) is 18.3 Å². The van der Waals surface area contributed by atoms with Crippen LogP contribution in [-0.4, -0.2) is 5.11 Å². The lowest BCUT2D eigenvalue weighted by Crippen LogP contribution is -2.00. The minimum absolute atomic E-state index is 0.494. The van der Waals surface area contributed by atoms with E-state index >= 15 is 0 Å². The van der Waals surface area contributed by atoms with Crippen LogP contribution in [0.5, 0.6) is 5.75 Å². The Morgan fingerprint density at radius 3 is 2.72 bits per heavy atom. The lowest BCUT2D eigenvalue weighted by atomic mass is 10.1. The maximum atomic E-state index is 9.71. The second kappa shape index (κ2) is 6.19. The van der Waals surface area contributed by atoms with Crippen molar-refractivity contribution < 1.29 is 9.84 Å². The summed E-state index contributed by atoms with van der Waals surface area (Å²) in [6, 6.07) is 7.65. The highest BCUT2D eigenvalue weighted by Gasteiger charge is 2.11. The number of hydrogen-bond acceptors (Lipinski definition) is 3. The van der Waals surface area contributed by atoms with E-state index in [0.717, 1.165) is 19.4 Å². The summed E-state index contributed by atoms with van der Waals surface area (Å²) >= 11 is 8.53. The maximum Gasteiger partial charge on any atom is 0.126 e. The topological polar surface area (TPSA) is 29.5 Å². The monoisotopic (exact) mass is 390 g/mol. The van der Waals surface area contributed by atoms with Gasteiger partial charge in [-0.1, -0.05) is 22.0 Å². The van der Waals surface area contributed by atoms with Crippen LogP contribution in [0.3, 0.4) is 0 Å². The van der Waals surface area contributed by atoms with Gasteiger partial charge in [0.15, 0.2) is 0 Å². The zero-order valence-electron chi connectivity index (χ0n) is 9.69. The number of benzene rings is 1. The van der Waals surface area contributed by atoms with Crippen molar-refractivity contribution in [2.45, 2.75) is 19.6 Å². The first-order valence-electron chi connectivity index (χ1n) is 5.40. The Hall–Kier alpha value is -0.360. The van der Waals surface area contributed by atoms with Gasteiger partial charge in [0, 0.05) is 14.5 Å². The minimum Gasteiger partial charge on any atom is -0.488 e. The van der Waals surface area contributed by atoms with Crippen LogP contribution in [0.25, 0.3) is 0 Å². The highest BCUT2D eigenvalue weighted by atomic mass is 79.9. The lowest BCUT2D eigenvalue weighted by molar-refractivity contribution is 0.190. The van der Waals surface area contributed by atoms with Crippen molar-refractivity contribution in [3.63, 3.8) is 0 Å². The van der Waals surface area contributed by atoms with Crippen molar-refractivity contribution in [3.05, 3.63) is 49.0 Å². The van der Waals surface area contributed by atoms with Gasteiger partial charge >= 0.3 is 0 Å². The van der Waals surface area contributed by atoms with Crippen molar-refractivity contribution in [1.82, 2.24) is 0 Å². The van der Waals surface area contributed by atoms with Gasteiger partial charge in [-0.25, -0.2) is 0 Å². The van der Waals surface area contributed by atoms with E-state index in [0.29, 0.717) is 12.4 Å². The molecule has 0 saturated carbocycles. The van der Waals surface area contributed by atoms with E-state index in [1.165, 1.54) is 0 Å². The maximum absolute atomic E-state index is 9.71. The predicted octanol–water partition coefficient (Wildman–Crippen LogP) is 4.91. The quantitative estimate of drug-likeness (QED) is 0.802. The zero-order valence-corrected chi connectivity index (χ0v) is 13.7. The second-order valence-corrected chi connectivity index (χ2v) is 6.61. The van der Waals surface area contributed by atoms with Crippen LogP contribution >= 0.6 is 43.2 Å². The Labute approximate surface area is 127 Å². The zero-order chi connectivity index (χ0) is 13.1. The van der Waals surface area contributed by atoms with Crippen molar-refractivity contribution in [2.75, 3.05) is 0 Å². The average Bonchev–Trinajstić information content (AvgIpc) is 2.72. The molecule has 0 aliphatic rings. The molecule has 0 spiro atoms. The molecule has 0 aliphatic carbocycles. The first-order valence-corrected chi connectivity index (χ1v) is 7.86. The van der Waals surface area contributed by atoms with E-state index < -0.39 is 6.10 Å². The van der Waals surface area contributed by atoms with Crippen LogP contribution in [0.4, 0.5) is 0 Å². The normalized spacial score (nSPS) is 12.4. The number of rotatable bonds is 4. The number of ether oxygens (including phenoxy) is 1. The number of aliphatic hydroxyl groups excluding tert-OH is 1. The van der Waals surface area contributed by atoms with E-state index in [1.807, 2.05) is 29.6 Å². The van der Waals surface area contributed by atoms with Crippen molar-refractivity contribution in [2.24, 2.45) is 0 Å². The summed E-state index contributed by atoms with van der Waals surface area (Å²) in [6.07, 6.45) is -0.542. The van der Waals surface area contributed by atoms with Crippen LogP contribution in [0.1, 0.15) is 23.5 Å². The molecule has 2 aromatic rings. The smallest absolute Gasteiger partial charge is 0.126 e. The van der Waals surface area contributed by atoms with Crippen molar-refractivity contribution in [3.8, 4) is 5.75 Å². The summed E-state index contributed by atoms with van der Waals surface area (Å²) in [4.78, 5) is 1.13. The van der Waals surface area contributed by atoms with Crippen molar-refractivity contribution in [1.29, 1.82) is 0 Å². The summed E-state index contributed by atoms with van der Waals surface area (Å²) in [5.41, 5.74) is 0.797. The Kier molecular flexibility index (Phi) is 4.84. The van der Waals surface area contributed by atoms with Crippen LogP contribution in [0, 0.1) is 0 Å². The molecule has 0 fully saturated rings. The molecular formula is C13H12Br2O2S. The molecule has 18 heavy (non-hydrogen) atoms. The van der Waals surface area contributed by atoms with E-state index in [4.69, 9.17) is 4.74 Å². The van der Waals surface area contributed by atoms with E-state index in [9.17, 15) is 5.11 Å². The fraction of sp³-hybridized carbons (Fsp3) is 0.231. The summed E-state index contributed by atoms with van der Waals surface area (Å²) in [6.45, 7) is 2.23. The Bertz CT molecular complexity index is 538. The standard InChI is InChI=1S/C13H12Br2O2S/c1-8(16)10-3-2-9(14)6-12(10)17-7-13-11(15)4-5-18-13/h2-6,8,16H,7H2,1H3/t8-/m0/s1. The predicted molar refractivity (Wildman–Crippen MR) is 81.1 cm³/mol. The fourth-order valence-corrected chi connectivity index (χ4v) is 3.27. The van der Waals surface area contributed by atoms with Gasteiger partial charge in [-0.15, -0.1) is 11.3 Å². The third kappa shape index (κ3) is 3.35. The number of halogens is 2. The second-order valence-electron chi connectivity index (χ2n) is 3.84. The molecule has 0 radical (unpaired) electrons. The van der Waals surface area contributed by atoms with Gasteiger partial charge in [0.05, 0.1) is 11.0 Å². The molecule has 1 atom stereocenters. The van der Waals surface area contributed by atoms with Crippen LogP contribution in [0.2, 0.25) is 0 Å². The highest BCUT2D eigenvalue weighted by molar-refractivity contribution is 9.10. The molecule has 0 unspecified atom stereocenters. The van der Waals surface area contributed by atoms with Crippen LogP contribution in [-0.2, 0) is 6.61 Å². The molecule has 0 amide bonds. The number of thiophene rings is 1. The van der Waals surface area contributed by atoms with E-state index in [2.05, 4.69) is 31.9 Å². The van der Waals surface area contributed by atoms with E-state index in [-0.39, 0.29) is 0 Å². The molecule has 1 heterocycles. The molecule has 0 bridgehead atoms. The van der Waals surface area contributed by atoms with Gasteiger partial charge in [-0.05, 0) is 46.4 Å². The van der Waals surface area contributed by atoms with Crippen molar-refractivity contribution >= 4 is 43.2 Å². The van der Waals surface area contributed by atoms with Gasteiger partial charge in [-0.2, -0.15) is 0 Å². The van der Waals surface area contributed by atoms with Crippen LogP contribution < -0.4 is 4.74 Å². The lowest BCUT2D eigenvalue weighted by Gasteiger charge is -2.13. The molecule has 96 valence electrons. The first kappa shape index (κ1) is 14.1.